The van der Waals surface area contributed by atoms with Gasteiger partial charge < -0.3 is 14.5 Å². The van der Waals surface area contributed by atoms with Crippen molar-refractivity contribution in [2.45, 2.75) is 18.8 Å². The smallest absolute Gasteiger partial charge is 0.257 e. The average molecular weight is 481 g/mol. The van der Waals surface area contributed by atoms with Gasteiger partial charge in [-0.1, -0.05) is 30.3 Å². The minimum atomic E-state index is 0.0415. The van der Waals surface area contributed by atoms with Crippen LogP contribution in [0.5, 0.6) is 5.75 Å². The predicted molar refractivity (Wildman–Crippen MR) is 138 cm³/mol. The quantitative estimate of drug-likeness (QED) is 0.412. The lowest BCUT2D eigenvalue weighted by Crippen LogP contribution is -2.48. The predicted octanol–water partition coefficient (Wildman–Crippen LogP) is 4.18. The summed E-state index contributed by atoms with van der Waals surface area (Å²) in [5.74, 6) is 1.59. The number of rotatable bonds is 6. The van der Waals surface area contributed by atoms with Crippen molar-refractivity contribution in [2.24, 2.45) is 0 Å². The molecule has 2 aliphatic rings. The van der Waals surface area contributed by atoms with E-state index in [0.717, 1.165) is 48.6 Å². The van der Waals surface area contributed by atoms with Crippen molar-refractivity contribution in [1.29, 1.82) is 0 Å². The number of hydrogen-bond acceptors (Lipinski definition) is 6. The fourth-order valence-corrected chi connectivity index (χ4v) is 4.80. The van der Waals surface area contributed by atoms with E-state index in [4.69, 9.17) is 9.72 Å². The van der Waals surface area contributed by atoms with Gasteiger partial charge in [-0.2, -0.15) is 5.10 Å². The standard InChI is InChI=1S/C28H28N6O2/c1-36-23-9-5-6-21(18-23)25-12-13-29-28(31-25)34-26(20-10-11-20)24(19-30-34)27(35)33-16-14-32(15-17-33)22-7-3-2-4-8-22/h2-9,12-13,18-20H,10-11,14-17H2,1H3. The lowest BCUT2D eigenvalue weighted by Gasteiger charge is -2.36. The maximum absolute atomic E-state index is 13.6. The molecule has 36 heavy (non-hydrogen) atoms. The van der Waals surface area contributed by atoms with Crippen LogP contribution in [0.3, 0.4) is 0 Å². The SMILES string of the molecule is COc1cccc(-c2ccnc(-n3ncc(C(=O)N4CCN(c5ccccc5)CC4)c3C3CC3)n2)c1. The Bertz CT molecular complexity index is 1370. The highest BCUT2D eigenvalue weighted by molar-refractivity contribution is 5.95. The number of carbonyl (C=O) groups excluding carboxylic acids is 1. The second-order valence-electron chi connectivity index (χ2n) is 9.22. The molecule has 2 aromatic carbocycles. The number of methoxy groups -OCH3 is 1. The molecular formula is C28H28N6O2. The van der Waals surface area contributed by atoms with Crippen molar-refractivity contribution in [1.82, 2.24) is 24.6 Å². The van der Waals surface area contributed by atoms with E-state index < -0.39 is 0 Å². The molecule has 6 rings (SSSR count). The summed E-state index contributed by atoms with van der Waals surface area (Å²) in [6.07, 6.45) is 5.52. The van der Waals surface area contributed by atoms with E-state index in [1.54, 1.807) is 24.2 Å². The Morgan fingerprint density at radius 3 is 2.53 bits per heavy atom. The Morgan fingerprint density at radius 1 is 0.972 bits per heavy atom. The summed E-state index contributed by atoms with van der Waals surface area (Å²) in [6, 6.07) is 20.0. The largest absolute Gasteiger partial charge is 0.497 e. The Kier molecular flexibility index (Phi) is 5.85. The zero-order valence-electron chi connectivity index (χ0n) is 20.2. The number of amides is 1. The van der Waals surface area contributed by atoms with Crippen LogP contribution in [0.2, 0.25) is 0 Å². The molecule has 8 heteroatoms. The van der Waals surface area contributed by atoms with Gasteiger partial charge in [0.25, 0.3) is 11.9 Å². The monoisotopic (exact) mass is 480 g/mol. The fraction of sp³-hybridized carbons (Fsp3) is 0.286. The first kappa shape index (κ1) is 22.3. The number of benzene rings is 2. The summed E-state index contributed by atoms with van der Waals surface area (Å²) in [4.78, 5) is 27.2. The minimum absolute atomic E-state index is 0.0415. The van der Waals surface area contributed by atoms with E-state index in [-0.39, 0.29) is 5.91 Å². The molecule has 3 heterocycles. The first-order valence-electron chi connectivity index (χ1n) is 12.4. The molecule has 1 saturated carbocycles. The fourth-order valence-electron chi connectivity index (χ4n) is 4.80. The second-order valence-corrected chi connectivity index (χ2v) is 9.22. The molecule has 0 N–H and O–H groups in total. The van der Waals surface area contributed by atoms with Crippen LogP contribution in [0.25, 0.3) is 17.2 Å². The van der Waals surface area contributed by atoms with E-state index in [9.17, 15) is 4.79 Å². The van der Waals surface area contributed by atoms with Crippen LogP contribution < -0.4 is 9.64 Å². The molecule has 1 amide bonds. The number of hydrogen-bond donors (Lipinski definition) is 0. The summed E-state index contributed by atoms with van der Waals surface area (Å²) in [7, 11) is 1.65. The van der Waals surface area contributed by atoms with Crippen LogP contribution in [-0.4, -0.2) is 63.8 Å². The number of carbonyl (C=O) groups is 1. The number of piperazine rings is 1. The molecule has 1 saturated heterocycles. The molecule has 0 spiro atoms. The summed E-state index contributed by atoms with van der Waals surface area (Å²) < 4.78 is 7.12. The van der Waals surface area contributed by atoms with Gasteiger partial charge in [0.1, 0.15) is 5.75 Å². The zero-order valence-corrected chi connectivity index (χ0v) is 20.2. The Hall–Kier alpha value is -4.20. The third-order valence-corrected chi connectivity index (χ3v) is 6.89. The van der Waals surface area contributed by atoms with Crippen LogP contribution >= 0.6 is 0 Å². The van der Waals surface area contributed by atoms with Gasteiger partial charge in [-0.25, -0.2) is 14.6 Å². The van der Waals surface area contributed by atoms with Crippen LogP contribution in [0, 0.1) is 0 Å². The minimum Gasteiger partial charge on any atom is -0.497 e. The number of anilines is 1. The highest BCUT2D eigenvalue weighted by atomic mass is 16.5. The van der Waals surface area contributed by atoms with Crippen molar-refractivity contribution in [3.63, 3.8) is 0 Å². The molecule has 2 fully saturated rings. The summed E-state index contributed by atoms with van der Waals surface area (Å²) in [6.45, 7) is 3.00. The van der Waals surface area contributed by atoms with Gasteiger partial charge in [-0.15, -0.1) is 0 Å². The number of aromatic nitrogens is 4. The van der Waals surface area contributed by atoms with E-state index in [1.807, 2.05) is 41.3 Å². The van der Waals surface area contributed by atoms with Crippen molar-refractivity contribution >= 4 is 11.6 Å². The Labute approximate surface area is 210 Å². The van der Waals surface area contributed by atoms with E-state index in [1.165, 1.54) is 5.69 Å². The van der Waals surface area contributed by atoms with Crippen LogP contribution in [0.4, 0.5) is 5.69 Å². The Morgan fingerprint density at radius 2 is 1.78 bits per heavy atom. The molecule has 1 aliphatic heterocycles. The van der Waals surface area contributed by atoms with Gasteiger partial charge in [0.2, 0.25) is 0 Å². The van der Waals surface area contributed by atoms with Gasteiger partial charge >= 0.3 is 0 Å². The Balaban J connectivity index is 1.26. The van der Waals surface area contributed by atoms with Gasteiger partial charge in [-0.3, -0.25) is 4.79 Å². The molecule has 182 valence electrons. The van der Waals surface area contributed by atoms with Gasteiger partial charge in [0.05, 0.1) is 30.3 Å². The third-order valence-electron chi connectivity index (χ3n) is 6.89. The normalized spacial score (nSPS) is 15.7. The van der Waals surface area contributed by atoms with E-state index in [0.29, 0.717) is 30.5 Å². The highest BCUT2D eigenvalue weighted by Crippen LogP contribution is 2.42. The van der Waals surface area contributed by atoms with E-state index in [2.05, 4.69) is 39.2 Å². The van der Waals surface area contributed by atoms with Crippen molar-refractivity contribution in [3.8, 4) is 23.0 Å². The lowest BCUT2D eigenvalue weighted by molar-refractivity contribution is 0.0745. The van der Waals surface area contributed by atoms with E-state index >= 15 is 0 Å². The van der Waals surface area contributed by atoms with Crippen molar-refractivity contribution in [2.75, 3.05) is 38.2 Å². The topological polar surface area (TPSA) is 76.4 Å². The molecule has 8 nitrogen and oxygen atoms in total. The molecule has 4 aromatic rings. The summed E-state index contributed by atoms with van der Waals surface area (Å²) >= 11 is 0. The number of nitrogens with zero attached hydrogens (tertiary/aromatic N) is 6. The van der Waals surface area contributed by atoms with Gasteiger partial charge in [-0.05, 0) is 43.2 Å². The summed E-state index contributed by atoms with van der Waals surface area (Å²) in [5, 5.41) is 4.60. The highest BCUT2D eigenvalue weighted by Gasteiger charge is 2.35. The molecule has 0 unspecified atom stereocenters. The van der Waals surface area contributed by atoms with Crippen LogP contribution in [-0.2, 0) is 0 Å². The molecule has 1 aliphatic carbocycles. The molecule has 0 atom stereocenters. The second kappa shape index (κ2) is 9.45. The van der Waals surface area contributed by atoms with Crippen LogP contribution in [0.15, 0.2) is 73.1 Å². The molecule has 0 radical (unpaired) electrons. The summed E-state index contributed by atoms with van der Waals surface area (Å²) in [5.41, 5.74) is 4.50. The number of ether oxygens (including phenoxy) is 1. The van der Waals surface area contributed by atoms with Crippen LogP contribution in [0.1, 0.15) is 34.8 Å². The third kappa shape index (κ3) is 4.30. The van der Waals surface area contributed by atoms with Crippen molar-refractivity contribution < 1.29 is 9.53 Å². The number of para-hydroxylation sites is 1. The first-order valence-corrected chi connectivity index (χ1v) is 12.4. The van der Waals surface area contributed by atoms with Gasteiger partial charge in [0, 0.05) is 49.5 Å². The maximum atomic E-state index is 13.6. The molecule has 2 aromatic heterocycles. The zero-order chi connectivity index (χ0) is 24.5. The molecular weight excluding hydrogens is 452 g/mol. The lowest BCUT2D eigenvalue weighted by atomic mass is 10.1. The maximum Gasteiger partial charge on any atom is 0.257 e. The van der Waals surface area contributed by atoms with Gasteiger partial charge in [0.15, 0.2) is 0 Å². The van der Waals surface area contributed by atoms with Crippen molar-refractivity contribution in [3.05, 3.63) is 84.3 Å². The first-order chi connectivity index (χ1) is 17.7. The average Bonchev–Trinajstić information content (AvgIpc) is 3.70. The molecule has 0 bridgehead atoms.